The number of nitrogens with zero attached hydrogens (tertiary/aromatic N) is 4. The number of hydrogen-bond donors (Lipinski definition) is 1. The molecule has 156 valence electrons. The van der Waals surface area contributed by atoms with Crippen LogP contribution in [0.5, 0.6) is 5.88 Å². The minimum absolute atomic E-state index is 0.0914. The van der Waals surface area contributed by atoms with Crippen LogP contribution in [-0.4, -0.2) is 43.4 Å². The van der Waals surface area contributed by atoms with Crippen LogP contribution in [0.1, 0.15) is 40.5 Å². The van der Waals surface area contributed by atoms with Gasteiger partial charge in [-0.3, -0.25) is 9.48 Å². The van der Waals surface area contributed by atoms with E-state index in [4.69, 9.17) is 4.74 Å². The van der Waals surface area contributed by atoms with Crippen LogP contribution in [0.15, 0.2) is 42.7 Å². The van der Waals surface area contributed by atoms with Crippen molar-refractivity contribution < 1.29 is 14.6 Å². The molecule has 1 amide bonds. The molecule has 30 heavy (non-hydrogen) atoms. The number of benzene rings is 1. The lowest BCUT2D eigenvalue weighted by Crippen LogP contribution is -2.24. The molecule has 7 heteroatoms. The molecule has 3 heterocycles. The first-order chi connectivity index (χ1) is 14.5. The molecule has 1 unspecified atom stereocenters. The number of pyridine rings is 1. The molecule has 2 aromatic heterocycles. The molecule has 0 bridgehead atoms. The zero-order valence-corrected chi connectivity index (χ0v) is 17.5. The summed E-state index contributed by atoms with van der Waals surface area (Å²) in [5.74, 6) is 0.209. The summed E-state index contributed by atoms with van der Waals surface area (Å²) < 4.78 is 7.44. The highest BCUT2D eigenvalue weighted by Gasteiger charge is 2.31. The van der Waals surface area contributed by atoms with E-state index in [1.54, 1.807) is 11.1 Å². The quantitative estimate of drug-likeness (QED) is 0.652. The third-order valence-corrected chi connectivity index (χ3v) is 5.40. The zero-order chi connectivity index (χ0) is 21.3. The number of carbonyl (C=O) groups is 1. The Morgan fingerprint density at radius 1 is 1.23 bits per heavy atom. The van der Waals surface area contributed by atoms with Gasteiger partial charge >= 0.3 is 0 Å². The Labute approximate surface area is 175 Å². The van der Waals surface area contributed by atoms with Crippen LogP contribution < -0.4 is 4.74 Å². The summed E-state index contributed by atoms with van der Waals surface area (Å²) >= 11 is 0. The first-order valence-electron chi connectivity index (χ1n) is 10.1. The van der Waals surface area contributed by atoms with Crippen LogP contribution in [0, 0.1) is 6.92 Å². The van der Waals surface area contributed by atoms with Gasteiger partial charge in [-0.25, -0.2) is 4.98 Å². The number of fused-ring (bicyclic) bond motifs is 1. The second kappa shape index (κ2) is 8.28. The first-order valence-corrected chi connectivity index (χ1v) is 10.1. The van der Waals surface area contributed by atoms with Crippen molar-refractivity contribution in [3.05, 3.63) is 65.1 Å². The molecule has 1 aliphatic rings. The third kappa shape index (κ3) is 3.93. The summed E-state index contributed by atoms with van der Waals surface area (Å²) in [6.07, 6.45) is 3.67. The summed E-state index contributed by atoms with van der Waals surface area (Å²) in [4.78, 5) is 19.0. The summed E-state index contributed by atoms with van der Waals surface area (Å²) in [5, 5.41) is 14.1. The van der Waals surface area contributed by atoms with Crippen molar-refractivity contribution in [2.45, 2.75) is 39.5 Å². The maximum absolute atomic E-state index is 13.0. The molecule has 0 saturated heterocycles. The maximum Gasteiger partial charge on any atom is 0.260 e. The molecular weight excluding hydrogens is 380 g/mol. The molecule has 1 N–H and O–H groups in total. The Hall–Kier alpha value is -3.19. The fourth-order valence-electron chi connectivity index (χ4n) is 3.70. The van der Waals surface area contributed by atoms with Crippen LogP contribution in [0.3, 0.4) is 0 Å². The predicted molar refractivity (Wildman–Crippen MR) is 113 cm³/mol. The van der Waals surface area contributed by atoms with Gasteiger partial charge in [0.15, 0.2) is 0 Å². The van der Waals surface area contributed by atoms with Crippen LogP contribution in [0.4, 0.5) is 0 Å². The molecule has 0 fully saturated rings. The van der Waals surface area contributed by atoms with Gasteiger partial charge in [0.05, 0.1) is 11.8 Å². The number of aryl methyl sites for hydroxylation is 2. The second-order valence-corrected chi connectivity index (χ2v) is 7.68. The Morgan fingerprint density at radius 2 is 2.00 bits per heavy atom. The maximum atomic E-state index is 13.0. The molecule has 0 aliphatic carbocycles. The highest BCUT2D eigenvalue weighted by molar-refractivity contribution is 6.00. The SMILES string of the molecule is CCC(O)COc1nccc2c1C(=O)N(Cc1ccc(-c3cn(C)nc3C)cc1)C2. The normalized spacial score (nSPS) is 14.1. The molecule has 1 aromatic carbocycles. The third-order valence-electron chi connectivity index (χ3n) is 5.40. The fourth-order valence-corrected chi connectivity index (χ4v) is 3.70. The van der Waals surface area contributed by atoms with E-state index in [1.807, 2.05) is 50.0 Å². The molecule has 4 rings (SSSR count). The van der Waals surface area contributed by atoms with Crippen LogP contribution >= 0.6 is 0 Å². The predicted octanol–water partition coefficient (Wildman–Crippen LogP) is 3.10. The smallest absolute Gasteiger partial charge is 0.260 e. The largest absolute Gasteiger partial charge is 0.474 e. The van der Waals surface area contributed by atoms with Crippen LogP contribution in [0.25, 0.3) is 11.1 Å². The van der Waals surface area contributed by atoms with E-state index in [2.05, 4.69) is 22.2 Å². The number of ether oxygens (including phenoxy) is 1. The average Bonchev–Trinajstić information content (AvgIpc) is 3.25. The number of aromatic nitrogens is 3. The molecule has 0 saturated carbocycles. The number of amides is 1. The van der Waals surface area contributed by atoms with Gasteiger partial charge in [0.2, 0.25) is 5.88 Å². The minimum atomic E-state index is -0.572. The van der Waals surface area contributed by atoms with E-state index in [9.17, 15) is 9.90 Å². The number of hydrogen-bond acceptors (Lipinski definition) is 5. The van der Waals surface area contributed by atoms with Crippen LogP contribution in [0.2, 0.25) is 0 Å². The summed E-state index contributed by atoms with van der Waals surface area (Å²) in [6, 6.07) is 10.1. The van der Waals surface area contributed by atoms with E-state index in [-0.39, 0.29) is 12.5 Å². The van der Waals surface area contributed by atoms with E-state index in [1.165, 1.54) is 0 Å². The highest BCUT2D eigenvalue weighted by Crippen LogP contribution is 2.31. The lowest BCUT2D eigenvalue weighted by molar-refractivity contribution is 0.0752. The van der Waals surface area contributed by atoms with E-state index < -0.39 is 6.10 Å². The number of carbonyl (C=O) groups excluding carboxylic acids is 1. The van der Waals surface area contributed by atoms with Gasteiger partial charge in [-0.15, -0.1) is 0 Å². The number of aliphatic hydroxyl groups excluding tert-OH is 1. The average molecular weight is 406 g/mol. The van der Waals surface area contributed by atoms with Crippen molar-refractivity contribution in [1.82, 2.24) is 19.7 Å². The van der Waals surface area contributed by atoms with Gasteiger partial charge in [-0.1, -0.05) is 31.2 Å². The topological polar surface area (TPSA) is 80.5 Å². The van der Waals surface area contributed by atoms with E-state index in [0.29, 0.717) is 31.0 Å². The van der Waals surface area contributed by atoms with Crippen molar-refractivity contribution in [2.24, 2.45) is 7.05 Å². The molecule has 1 atom stereocenters. The summed E-state index contributed by atoms with van der Waals surface area (Å²) in [7, 11) is 1.91. The van der Waals surface area contributed by atoms with E-state index in [0.717, 1.165) is 27.9 Å². The Bertz CT molecular complexity index is 1060. The summed E-state index contributed by atoms with van der Waals surface area (Å²) in [5.41, 5.74) is 5.66. The van der Waals surface area contributed by atoms with Crippen molar-refractivity contribution in [1.29, 1.82) is 0 Å². The van der Waals surface area contributed by atoms with Gasteiger partial charge in [0.25, 0.3) is 5.91 Å². The second-order valence-electron chi connectivity index (χ2n) is 7.68. The monoisotopic (exact) mass is 406 g/mol. The van der Waals surface area contributed by atoms with Gasteiger partial charge < -0.3 is 14.7 Å². The molecule has 0 radical (unpaired) electrons. The van der Waals surface area contributed by atoms with E-state index >= 15 is 0 Å². The van der Waals surface area contributed by atoms with Crippen molar-refractivity contribution in [3.63, 3.8) is 0 Å². The van der Waals surface area contributed by atoms with Gasteiger partial charge in [0, 0.05) is 38.1 Å². The fraction of sp³-hybridized carbons (Fsp3) is 0.348. The number of aliphatic hydroxyl groups is 1. The van der Waals surface area contributed by atoms with Gasteiger partial charge in [0.1, 0.15) is 12.2 Å². The molecule has 0 spiro atoms. The minimum Gasteiger partial charge on any atom is -0.474 e. The molecular formula is C23H26N4O3. The molecule has 1 aliphatic heterocycles. The molecule has 3 aromatic rings. The zero-order valence-electron chi connectivity index (χ0n) is 17.5. The van der Waals surface area contributed by atoms with Crippen molar-refractivity contribution in [3.8, 4) is 17.0 Å². The van der Waals surface area contributed by atoms with Gasteiger partial charge in [-0.2, -0.15) is 5.10 Å². The Balaban J connectivity index is 1.48. The standard InChI is InChI=1S/C23H26N4O3/c1-4-19(28)14-30-22-21-18(9-10-24-22)12-27(23(21)29)11-16-5-7-17(8-6-16)20-13-26(3)25-15(20)2/h5-10,13,19,28H,4,11-12,14H2,1-3H3. The highest BCUT2D eigenvalue weighted by atomic mass is 16.5. The van der Waals surface area contributed by atoms with Crippen molar-refractivity contribution in [2.75, 3.05) is 6.61 Å². The Kier molecular flexibility index (Phi) is 5.55. The van der Waals surface area contributed by atoms with Crippen molar-refractivity contribution >= 4 is 5.91 Å². The lowest BCUT2D eigenvalue weighted by Gasteiger charge is -2.16. The van der Waals surface area contributed by atoms with Crippen LogP contribution in [-0.2, 0) is 20.1 Å². The molecule has 7 nitrogen and oxygen atoms in total. The first kappa shape index (κ1) is 20.1. The lowest BCUT2D eigenvalue weighted by atomic mass is 10.0. The summed E-state index contributed by atoms with van der Waals surface area (Å²) in [6.45, 7) is 5.04. The van der Waals surface area contributed by atoms with Gasteiger partial charge in [-0.05, 0) is 36.1 Å². The Morgan fingerprint density at radius 3 is 2.67 bits per heavy atom. The number of rotatable bonds is 7.